The van der Waals surface area contributed by atoms with Crippen LogP contribution in [-0.2, 0) is 22.6 Å². The molecule has 2 atom stereocenters. The molecule has 38 heavy (non-hydrogen) atoms. The number of hydrogen-bond acceptors (Lipinski definition) is 5. The fraction of sp³-hybridized carbons (Fsp3) is 0.346. The van der Waals surface area contributed by atoms with Gasteiger partial charge in [-0.1, -0.05) is 41.9 Å². The molecule has 0 saturated carbocycles. The van der Waals surface area contributed by atoms with Crippen LogP contribution in [0.25, 0.3) is 10.9 Å². The Morgan fingerprint density at radius 2 is 1.92 bits per heavy atom. The van der Waals surface area contributed by atoms with Gasteiger partial charge in [-0.15, -0.1) is 0 Å². The molecule has 3 aromatic rings. The van der Waals surface area contributed by atoms with Crippen LogP contribution in [0.5, 0.6) is 0 Å². The van der Waals surface area contributed by atoms with Gasteiger partial charge >= 0.3 is 6.09 Å². The molecule has 0 spiro atoms. The van der Waals surface area contributed by atoms with Gasteiger partial charge in [0.2, 0.25) is 11.8 Å². The van der Waals surface area contributed by atoms with E-state index in [0.29, 0.717) is 16.5 Å². The van der Waals surface area contributed by atoms with Crippen LogP contribution in [0, 0.1) is 5.82 Å². The Hall–Kier alpha value is -3.70. The Bertz CT molecular complexity index is 1380. The van der Waals surface area contributed by atoms with Crippen molar-refractivity contribution in [1.82, 2.24) is 19.8 Å². The number of carbonyl (C=O) groups excluding carboxylic acids is 3. The minimum Gasteiger partial charge on any atom is -0.350 e. The molecule has 4 rings (SSSR count). The van der Waals surface area contributed by atoms with Gasteiger partial charge in [0.25, 0.3) is 0 Å². The normalized spacial score (nSPS) is 19.2. The number of amides is 3. The summed E-state index contributed by atoms with van der Waals surface area (Å²) in [6.07, 6.45) is 0.0401. The molecule has 1 aliphatic heterocycles. The van der Waals surface area contributed by atoms with Crippen LogP contribution >= 0.6 is 11.6 Å². The first-order chi connectivity index (χ1) is 18.0. The lowest BCUT2D eigenvalue weighted by atomic mass is 10.0. The Balaban J connectivity index is 1.57. The number of aromatic nitrogens is 1. The van der Waals surface area contributed by atoms with Gasteiger partial charge in [-0.2, -0.15) is 4.73 Å². The second-order valence-electron chi connectivity index (χ2n) is 9.65. The first-order valence-corrected chi connectivity index (χ1v) is 12.3. The van der Waals surface area contributed by atoms with Gasteiger partial charge in [0.15, 0.2) is 0 Å². The fourth-order valence-corrected chi connectivity index (χ4v) is 5.09. The lowest BCUT2D eigenvalue weighted by molar-refractivity contribution is -0.138. The topological polar surface area (TPSA) is 110 Å². The molecule has 1 aromatic heterocycles. The van der Waals surface area contributed by atoms with Crippen LogP contribution in [0.4, 0.5) is 13.6 Å². The number of primary amides is 1. The Morgan fingerprint density at radius 1 is 1.18 bits per heavy atom. The third-order valence-corrected chi connectivity index (χ3v) is 6.68. The number of rotatable bonds is 8. The lowest BCUT2D eigenvalue weighted by Gasteiger charge is -2.25. The molecule has 202 valence electrons. The van der Waals surface area contributed by atoms with Gasteiger partial charge in [0.05, 0.1) is 23.5 Å². The lowest BCUT2D eigenvalue weighted by Crippen LogP contribution is -2.46. The van der Waals surface area contributed by atoms with Crippen molar-refractivity contribution in [3.8, 4) is 0 Å². The highest BCUT2D eigenvalue weighted by Gasteiger charge is 2.49. The van der Waals surface area contributed by atoms with Crippen LogP contribution in [0.2, 0.25) is 5.02 Å². The van der Waals surface area contributed by atoms with Crippen molar-refractivity contribution in [3.63, 3.8) is 0 Å². The van der Waals surface area contributed by atoms with Crippen LogP contribution in [0.15, 0.2) is 48.7 Å². The number of nitrogens with zero attached hydrogens (tertiary/aromatic N) is 3. The molecule has 9 nitrogen and oxygen atoms in total. The van der Waals surface area contributed by atoms with Gasteiger partial charge in [-0.3, -0.25) is 9.59 Å². The van der Waals surface area contributed by atoms with E-state index in [1.807, 2.05) is 0 Å². The summed E-state index contributed by atoms with van der Waals surface area (Å²) in [5.74, 6) is -1.74. The number of para-hydroxylation sites is 1. The van der Waals surface area contributed by atoms with Gasteiger partial charge in [0.1, 0.15) is 17.5 Å². The van der Waals surface area contributed by atoms with Crippen molar-refractivity contribution in [2.45, 2.75) is 31.1 Å². The standard InChI is InChI=1S/C26H28ClF2N5O4/c1-32(2)14-26(29)11-21(24(36)31-12-16-6-5-8-19(27)23(16)28)33(15-26)22(35)10-17-13-34(38-25(30)37)20-9-4-3-7-18(17)20/h3-9,13,21H,10-12,14-15H2,1-2H3,(H2,30,37)(H,31,36)/t21-,26-/m0/s1. The molecule has 0 radical (unpaired) electrons. The Kier molecular flexibility index (Phi) is 7.89. The van der Waals surface area contributed by atoms with E-state index in [1.54, 1.807) is 49.3 Å². The van der Waals surface area contributed by atoms with E-state index in [-0.39, 0.29) is 43.1 Å². The minimum atomic E-state index is -1.83. The molecular weight excluding hydrogens is 520 g/mol. The summed E-state index contributed by atoms with van der Waals surface area (Å²) in [6.45, 7) is -0.450. The van der Waals surface area contributed by atoms with Crippen molar-refractivity contribution in [2.24, 2.45) is 5.73 Å². The first-order valence-electron chi connectivity index (χ1n) is 11.9. The molecule has 3 amide bonds. The number of halogens is 3. The number of likely N-dealkylation sites (tertiary alicyclic amines) is 1. The molecule has 0 unspecified atom stereocenters. The Morgan fingerprint density at radius 3 is 2.63 bits per heavy atom. The number of benzene rings is 2. The molecule has 1 fully saturated rings. The summed E-state index contributed by atoms with van der Waals surface area (Å²) < 4.78 is 31.3. The van der Waals surface area contributed by atoms with Gasteiger partial charge in [-0.25, -0.2) is 13.6 Å². The summed E-state index contributed by atoms with van der Waals surface area (Å²) in [5, 5.41) is 3.17. The van der Waals surface area contributed by atoms with Crippen molar-refractivity contribution >= 4 is 40.4 Å². The zero-order valence-electron chi connectivity index (χ0n) is 20.9. The maximum Gasteiger partial charge on any atom is 0.429 e. The SMILES string of the molecule is CN(C)C[C@@]1(F)C[C@@H](C(=O)NCc2cccc(Cl)c2F)N(C(=O)Cc2cn(OC(N)=O)c3ccccc23)C1. The van der Waals surface area contributed by atoms with Crippen molar-refractivity contribution in [3.05, 3.63) is 70.6 Å². The molecule has 3 N–H and O–H groups in total. The van der Waals surface area contributed by atoms with E-state index in [4.69, 9.17) is 22.2 Å². The predicted molar refractivity (Wildman–Crippen MR) is 138 cm³/mol. The maximum absolute atomic E-state index is 15.8. The van der Waals surface area contributed by atoms with Crippen LogP contribution in [-0.4, -0.2) is 71.3 Å². The number of carbonyl (C=O) groups is 3. The summed E-state index contributed by atoms with van der Waals surface area (Å²) in [7, 11) is 3.41. The van der Waals surface area contributed by atoms with Crippen molar-refractivity contribution < 1.29 is 28.0 Å². The van der Waals surface area contributed by atoms with Crippen LogP contribution in [0.3, 0.4) is 0 Å². The minimum absolute atomic E-state index is 0.00917. The largest absolute Gasteiger partial charge is 0.429 e. The number of fused-ring (bicyclic) bond motifs is 1. The average Bonchev–Trinajstić information content (AvgIpc) is 3.37. The second kappa shape index (κ2) is 11.0. The predicted octanol–water partition coefficient (Wildman–Crippen LogP) is 2.67. The molecule has 2 aromatic carbocycles. The number of hydrogen-bond donors (Lipinski definition) is 2. The monoisotopic (exact) mass is 547 g/mol. The molecule has 12 heteroatoms. The number of nitrogens with two attached hydrogens (primary N) is 1. The molecule has 0 aliphatic carbocycles. The first kappa shape index (κ1) is 27.3. The highest BCUT2D eigenvalue weighted by atomic mass is 35.5. The molecule has 1 aliphatic rings. The van der Waals surface area contributed by atoms with Crippen LogP contribution < -0.4 is 15.9 Å². The van der Waals surface area contributed by atoms with Crippen molar-refractivity contribution in [2.75, 3.05) is 27.2 Å². The van der Waals surface area contributed by atoms with E-state index in [9.17, 15) is 18.8 Å². The zero-order chi connectivity index (χ0) is 27.6. The number of alkyl halides is 1. The molecule has 2 heterocycles. The van der Waals surface area contributed by atoms with Gasteiger partial charge in [0, 0.05) is 36.7 Å². The smallest absolute Gasteiger partial charge is 0.350 e. The molecule has 0 bridgehead atoms. The van der Waals surface area contributed by atoms with E-state index in [2.05, 4.69) is 5.32 Å². The second-order valence-corrected chi connectivity index (χ2v) is 10.1. The molecule has 1 saturated heterocycles. The van der Waals surface area contributed by atoms with E-state index < -0.39 is 35.4 Å². The van der Waals surface area contributed by atoms with E-state index >= 15 is 4.39 Å². The average molecular weight is 548 g/mol. The summed E-state index contributed by atoms with van der Waals surface area (Å²) in [5.41, 5.74) is 4.52. The highest BCUT2D eigenvalue weighted by Crippen LogP contribution is 2.33. The van der Waals surface area contributed by atoms with Gasteiger partial charge in [-0.05, 0) is 31.8 Å². The molecular formula is C26H28ClF2N5O4. The quantitative estimate of drug-likeness (QED) is 0.451. The van der Waals surface area contributed by atoms with Crippen LogP contribution in [0.1, 0.15) is 17.5 Å². The number of nitrogens with one attached hydrogen (secondary N) is 1. The third-order valence-electron chi connectivity index (χ3n) is 6.39. The van der Waals surface area contributed by atoms with Gasteiger partial charge < -0.3 is 25.7 Å². The Labute approximate surface area is 223 Å². The zero-order valence-corrected chi connectivity index (χ0v) is 21.7. The fourth-order valence-electron chi connectivity index (χ4n) is 4.90. The summed E-state index contributed by atoms with van der Waals surface area (Å²) in [4.78, 5) is 45.9. The maximum atomic E-state index is 15.8. The summed E-state index contributed by atoms with van der Waals surface area (Å²) in [6, 6.07) is 10.3. The van der Waals surface area contributed by atoms with E-state index in [1.165, 1.54) is 28.0 Å². The summed E-state index contributed by atoms with van der Waals surface area (Å²) >= 11 is 5.82. The highest BCUT2D eigenvalue weighted by molar-refractivity contribution is 6.30. The van der Waals surface area contributed by atoms with Crippen molar-refractivity contribution in [1.29, 1.82) is 0 Å². The van der Waals surface area contributed by atoms with E-state index in [0.717, 1.165) is 0 Å². The third kappa shape index (κ3) is 5.89.